The molecule has 0 aliphatic rings. The molecule has 3 N–H and O–H groups in total. The van der Waals surface area contributed by atoms with Crippen LogP contribution in [0, 0.1) is 0 Å². The van der Waals surface area contributed by atoms with Gasteiger partial charge in [-0.25, -0.2) is 0 Å². The van der Waals surface area contributed by atoms with E-state index < -0.39 is 12.2 Å². The Morgan fingerprint density at radius 2 is 2.00 bits per heavy atom. The van der Waals surface area contributed by atoms with E-state index in [0.717, 1.165) is 5.56 Å². The third-order valence-corrected chi connectivity index (χ3v) is 2.70. The van der Waals surface area contributed by atoms with Gasteiger partial charge >= 0.3 is 0 Å². The van der Waals surface area contributed by atoms with Crippen LogP contribution in [0.25, 0.3) is 0 Å². The maximum Gasteiger partial charge on any atom is 0.105 e. The Labute approximate surface area is 97.5 Å². The van der Waals surface area contributed by atoms with Crippen molar-refractivity contribution in [1.29, 1.82) is 0 Å². The van der Waals surface area contributed by atoms with E-state index in [0.29, 0.717) is 17.3 Å². The Hall–Kier alpha value is -0.420. The van der Waals surface area contributed by atoms with Gasteiger partial charge in [-0.15, -0.1) is 0 Å². The fraction of sp³-hybridized carbons (Fsp3) is 0.455. The molecule has 0 radical (unpaired) electrons. The molecule has 84 valence electrons. The molecular weight excluding hydrogens is 260 g/mol. The van der Waals surface area contributed by atoms with Gasteiger partial charge in [-0.3, -0.25) is 0 Å². The van der Waals surface area contributed by atoms with E-state index in [-0.39, 0.29) is 6.61 Å². The van der Waals surface area contributed by atoms with Crippen molar-refractivity contribution in [3.05, 3.63) is 35.4 Å². The van der Waals surface area contributed by atoms with E-state index in [4.69, 9.17) is 5.11 Å². The minimum atomic E-state index is -0.894. The van der Waals surface area contributed by atoms with E-state index in [9.17, 15) is 10.2 Å². The highest BCUT2D eigenvalue weighted by molar-refractivity contribution is 9.09. The van der Waals surface area contributed by atoms with Gasteiger partial charge in [0.25, 0.3) is 0 Å². The lowest BCUT2D eigenvalue weighted by atomic mass is 10.0. The highest BCUT2D eigenvalue weighted by atomic mass is 79.9. The smallest absolute Gasteiger partial charge is 0.105 e. The maximum atomic E-state index is 9.79. The van der Waals surface area contributed by atoms with Gasteiger partial charge < -0.3 is 15.3 Å². The molecular formula is C11H15BrO3. The zero-order chi connectivity index (χ0) is 11.3. The number of hydrogen-bond donors (Lipinski definition) is 3. The summed E-state index contributed by atoms with van der Waals surface area (Å²) < 4.78 is 0. The largest absolute Gasteiger partial charge is 0.392 e. The first-order valence-corrected chi connectivity index (χ1v) is 5.93. The normalized spacial score (nSPS) is 14.9. The molecule has 2 atom stereocenters. The topological polar surface area (TPSA) is 60.7 Å². The molecule has 15 heavy (non-hydrogen) atoms. The van der Waals surface area contributed by atoms with Crippen LogP contribution in [0.1, 0.15) is 23.7 Å². The van der Waals surface area contributed by atoms with Gasteiger partial charge in [0.2, 0.25) is 0 Å². The van der Waals surface area contributed by atoms with Gasteiger partial charge in [0.05, 0.1) is 12.7 Å². The van der Waals surface area contributed by atoms with Gasteiger partial charge in [0.1, 0.15) is 6.10 Å². The van der Waals surface area contributed by atoms with Crippen molar-refractivity contribution in [2.75, 3.05) is 5.33 Å². The Morgan fingerprint density at radius 3 is 2.60 bits per heavy atom. The molecule has 0 aliphatic carbocycles. The number of halogens is 1. The minimum absolute atomic E-state index is 0.0604. The summed E-state index contributed by atoms with van der Waals surface area (Å²) >= 11 is 3.21. The Kier molecular flexibility index (Phi) is 5.25. The van der Waals surface area contributed by atoms with Crippen molar-refractivity contribution in [2.45, 2.75) is 25.2 Å². The van der Waals surface area contributed by atoms with Crippen LogP contribution in [-0.4, -0.2) is 26.8 Å². The predicted octanol–water partition coefficient (Wildman–Crippen LogP) is 1.36. The molecule has 0 spiro atoms. The molecule has 0 bridgehead atoms. The second-order valence-electron chi connectivity index (χ2n) is 3.39. The molecule has 1 rings (SSSR count). The Morgan fingerprint density at radius 1 is 1.27 bits per heavy atom. The summed E-state index contributed by atoms with van der Waals surface area (Å²) in [7, 11) is 0. The molecule has 0 saturated heterocycles. The summed E-state index contributed by atoms with van der Waals surface area (Å²) in [6.07, 6.45) is -1.18. The fourth-order valence-corrected chi connectivity index (χ4v) is 1.84. The molecule has 1 aromatic carbocycles. The van der Waals surface area contributed by atoms with E-state index >= 15 is 0 Å². The van der Waals surface area contributed by atoms with Crippen molar-refractivity contribution in [3.8, 4) is 0 Å². The molecule has 3 nitrogen and oxygen atoms in total. The first kappa shape index (κ1) is 12.6. The van der Waals surface area contributed by atoms with Gasteiger partial charge in [-0.05, 0) is 17.5 Å². The first-order chi connectivity index (χ1) is 7.19. The maximum absolute atomic E-state index is 9.79. The van der Waals surface area contributed by atoms with Crippen LogP contribution in [0.15, 0.2) is 24.3 Å². The molecule has 0 saturated carbocycles. The molecule has 1 aromatic rings. The predicted molar refractivity (Wildman–Crippen MR) is 61.7 cm³/mol. The zero-order valence-corrected chi connectivity index (χ0v) is 9.89. The number of rotatable bonds is 5. The number of aliphatic hydroxyl groups excluding tert-OH is 3. The van der Waals surface area contributed by atoms with Crippen molar-refractivity contribution in [2.24, 2.45) is 0 Å². The van der Waals surface area contributed by atoms with Crippen LogP contribution in [0.5, 0.6) is 0 Å². The van der Waals surface area contributed by atoms with Gasteiger partial charge in [-0.1, -0.05) is 40.2 Å². The fourth-order valence-electron chi connectivity index (χ4n) is 1.37. The quantitative estimate of drug-likeness (QED) is 0.711. The summed E-state index contributed by atoms with van der Waals surface area (Å²) in [5.41, 5.74) is 1.37. The van der Waals surface area contributed by atoms with Crippen LogP contribution in [0.4, 0.5) is 0 Å². The lowest BCUT2D eigenvalue weighted by Gasteiger charge is -2.17. The second kappa shape index (κ2) is 6.23. The highest BCUT2D eigenvalue weighted by Crippen LogP contribution is 2.20. The third kappa shape index (κ3) is 3.57. The lowest BCUT2D eigenvalue weighted by Crippen LogP contribution is -2.18. The standard InChI is InChI=1S/C11H15BrO3/c12-5-4-10(14)11(15)9-3-1-2-8(6-9)7-13/h1-3,6,10-11,13-15H,4-5,7H2. The molecule has 0 aromatic heterocycles. The van der Waals surface area contributed by atoms with Gasteiger partial charge in [0.15, 0.2) is 0 Å². The van der Waals surface area contributed by atoms with Crippen LogP contribution in [0.3, 0.4) is 0 Å². The molecule has 0 aliphatic heterocycles. The molecule has 0 amide bonds. The number of aliphatic hydroxyl groups is 3. The average Bonchev–Trinajstić information content (AvgIpc) is 2.28. The van der Waals surface area contributed by atoms with Crippen molar-refractivity contribution >= 4 is 15.9 Å². The van der Waals surface area contributed by atoms with Crippen molar-refractivity contribution in [1.82, 2.24) is 0 Å². The van der Waals surface area contributed by atoms with Crippen LogP contribution < -0.4 is 0 Å². The van der Waals surface area contributed by atoms with Gasteiger partial charge in [0, 0.05) is 5.33 Å². The minimum Gasteiger partial charge on any atom is -0.392 e. The lowest BCUT2D eigenvalue weighted by molar-refractivity contribution is 0.0173. The van der Waals surface area contributed by atoms with E-state index in [2.05, 4.69) is 15.9 Å². The number of hydrogen-bond acceptors (Lipinski definition) is 3. The summed E-state index contributed by atoms with van der Waals surface area (Å²) in [4.78, 5) is 0. The molecule has 0 heterocycles. The first-order valence-electron chi connectivity index (χ1n) is 4.81. The van der Waals surface area contributed by atoms with E-state index in [1.165, 1.54) is 0 Å². The number of benzene rings is 1. The average molecular weight is 275 g/mol. The Bertz CT molecular complexity index is 304. The van der Waals surface area contributed by atoms with E-state index in [1.807, 2.05) is 0 Å². The summed E-state index contributed by atoms with van der Waals surface area (Å²) in [6.45, 7) is -0.0604. The van der Waals surface area contributed by atoms with Crippen molar-refractivity contribution < 1.29 is 15.3 Å². The van der Waals surface area contributed by atoms with E-state index in [1.54, 1.807) is 24.3 Å². The number of alkyl halides is 1. The SMILES string of the molecule is OCc1cccc(C(O)C(O)CCBr)c1. The van der Waals surface area contributed by atoms with Crippen LogP contribution in [-0.2, 0) is 6.61 Å². The second-order valence-corrected chi connectivity index (χ2v) is 4.19. The Balaban J connectivity index is 2.76. The molecule has 4 heteroatoms. The zero-order valence-electron chi connectivity index (χ0n) is 8.31. The van der Waals surface area contributed by atoms with Gasteiger partial charge in [-0.2, -0.15) is 0 Å². The van der Waals surface area contributed by atoms with Crippen molar-refractivity contribution in [3.63, 3.8) is 0 Å². The van der Waals surface area contributed by atoms with Crippen LogP contribution in [0.2, 0.25) is 0 Å². The summed E-state index contributed by atoms with van der Waals surface area (Å²) in [5.74, 6) is 0. The highest BCUT2D eigenvalue weighted by Gasteiger charge is 2.17. The van der Waals surface area contributed by atoms with Crippen LogP contribution >= 0.6 is 15.9 Å². The summed E-state index contributed by atoms with van der Waals surface area (Å²) in [5, 5.41) is 29.0. The molecule has 2 unspecified atom stereocenters. The summed E-state index contributed by atoms with van der Waals surface area (Å²) in [6, 6.07) is 6.96. The third-order valence-electron chi connectivity index (χ3n) is 2.24. The monoisotopic (exact) mass is 274 g/mol. The molecule has 0 fully saturated rings.